The van der Waals surface area contributed by atoms with Crippen LogP contribution in [0.5, 0.6) is 0 Å². The van der Waals surface area contributed by atoms with Gasteiger partial charge in [0, 0.05) is 10.8 Å². The maximum Gasteiger partial charge on any atom is 0.0794 e. The first-order chi connectivity index (χ1) is 12.4. The molecular weight excluding hydrogens is 302 g/mol. The third kappa shape index (κ3) is 2.28. The molecular formula is C24H17N. The molecule has 0 spiro atoms. The molecule has 1 aliphatic carbocycles. The predicted octanol–water partition coefficient (Wildman–Crippen LogP) is 4.19. The number of rotatable bonds is 1. The van der Waals surface area contributed by atoms with Crippen LogP contribution in [0, 0.1) is 0 Å². The fourth-order valence-corrected chi connectivity index (χ4v) is 3.77. The summed E-state index contributed by atoms with van der Waals surface area (Å²) in [7, 11) is 0. The molecule has 1 aliphatic rings. The molecule has 4 aromatic carbocycles. The van der Waals surface area contributed by atoms with Crippen molar-refractivity contribution in [2.24, 2.45) is 4.99 Å². The molecule has 4 aromatic rings. The van der Waals surface area contributed by atoms with Crippen LogP contribution in [0.25, 0.3) is 33.7 Å². The SMILES string of the molecule is C1=c2c(c3ccccc3c(=Nc3ccccc3)c3ccccc23)=CC1. The Kier molecular flexibility index (Phi) is 3.24. The molecule has 0 fully saturated rings. The van der Waals surface area contributed by atoms with E-state index in [1.165, 1.54) is 32.0 Å². The Morgan fingerprint density at radius 3 is 1.56 bits per heavy atom. The fraction of sp³-hybridized carbons (Fsp3) is 0.0417. The van der Waals surface area contributed by atoms with E-state index < -0.39 is 0 Å². The number of fused-ring (bicyclic) bond motifs is 5. The van der Waals surface area contributed by atoms with Crippen LogP contribution in [-0.2, 0) is 0 Å². The first kappa shape index (κ1) is 14.2. The van der Waals surface area contributed by atoms with Crippen molar-refractivity contribution >= 4 is 39.4 Å². The van der Waals surface area contributed by atoms with Crippen molar-refractivity contribution in [1.29, 1.82) is 0 Å². The average molecular weight is 319 g/mol. The van der Waals surface area contributed by atoms with Crippen molar-refractivity contribution in [3.8, 4) is 0 Å². The predicted molar refractivity (Wildman–Crippen MR) is 106 cm³/mol. The average Bonchev–Trinajstić information content (AvgIpc) is 3.13. The second-order valence-corrected chi connectivity index (χ2v) is 6.36. The molecule has 1 nitrogen and oxygen atoms in total. The van der Waals surface area contributed by atoms with Gasteiger partial charge in [0.25, 0.3) is 0 Å². The molecule has 0 unspecified atom stereocenters. The number of nitrogens with zero attached hydrogens (tertiary/aromatic N) is 1. The zero-order valence-electron chi connectivity index (χ0n) is 13.8. The van der Waals surface area contributed by atoms with Crippen LogP contribution in [0.4, 0.5) is 5.69 Å². The first-order valence-corrected chi connectivity index (χ1v) is 8.66. The maximum absolute atomic E-state index is 5.05. The van der Waals surface area contributed by atoms with Crippen LogP contribution in [0.1, 0.15) is 6.42 Å². The number of benzene rings is 3. The Hall–Kier alpha value is -3.19. The fourth-order valence-electron chi connectivity index (χ4n) is 3.77. The lowest BCUT2D eigenvalue weighted by atomic mass is 10.1. The van der Waals surface area contributed by atoms with Gasteiger partial charge in [0.15, 0.2) is 0 Å². The summed E-state index contributed by atoms with van der Waals surface area (Å²) in [6.07, 6.45) is 5.66. The van der Waals surface area contributed by atoms with E-state index in [9.17, 15) is 0 Å². The van der Waals surface area contributed by atoms with Gasteiger partial charge in [-0.2, -0.15) is 0 Å². The Bertz CT molecular complexity index is 1220. The third-order valence-corrected chi connectivity index (χ3v) is 4.88. The third-order valence-electron chi connectivity index (χ3n) is 4.88. The highest BCUT2D eigenvalue weighted by Gasteiger charge is 2.07. The van der Waals surface area contributed by atoms with Gasteiger partial charge in [-0.3, -0.25) is 0 Å². The highest BCUT2D eigenvalue weighted by atomic mass is 14.7. The summed E-state index contributed by atoms with van der Waals surface area (Å²) in [5.74, 6) is 0. The zero-order chi connectivity index (χ0) is 16.6. The summed E-state index contributed by atoms with van der Waals surface area (Å²) in [6, 6.07) is 27.5. The smallest absolute Gasteiger partial charge is 0.0794 e. The monoisotopic (exact) mass is 319 g/mol. The van der Waals surface area contributed by atoms with E-state index >= 15 is 0 Å². The Balaban J connectivity index is 2.14. The van der Waals surface area contributed by atoms with Crippen LogP contribution >= 0.6 is 0 Å². The van der Waals surface area contributed by atoms with E-state index in [2.05, 4.69) is 72.8 Å². The Morgan fingerprint density at radius 2 is 1.00 bits per heavy atom. The second-order valence-electron chi connectivity index (χ2n) is 6.36. The highest BCUT2D eigenvalue weighted by molar-refractivity contribution is 5.95. The van der Waals surface area contributed by atoms with Gasteiger partial charge in [0.05, 0.1) is 11.0 Å². The van der Waals surface area contributed by atoms with Crippen LogP contribution in [0.2, 0.25) is 0 Å². The van der Waals surface area contributed by atoms with Crippen molar-refractivity contribution in [2.75, 3.05) is 0 Å². The maximum atomic E-state index is 5.05. The van der Waals surface area contributed by atoms with Crippen molar-refractivity contribution in [3.63, 3.8) is 0 Å². The minimum atomic E-state index is 0.983. The minimum absolute atomic E-state index is 0.983. The van der Waals surface area contributed by atoms with E-state index in [1.54, 1.807) is 0 Å². The van der Waals surface area contributed by atoms with Crippen molar-refractivity contribution < 1.29 is 0 Å². The van der Waals surface area contributed by atoms with Crippen molar-refractivity contribution in [1.82, 2.24) is 0 Å². The Morgan fingerprint density at radius 1 is 0.520 bits per heavy atom. The first-order valence-electron chi connectivity index (χ1n) is 8.66. The molecule has 0 saturated heterocycles. The summed E-state index contributed by atoms with van der Waals surface area (Å²) in [6.45, 7) is 0. The summed E-state index contributed by atoms with van der Waals surface area (Å²) in [5.41, 5.74) is 0.983. The summed E-state index contributed by atoms with van der Waals surface area (Å²) < 4.78 is 0. The van der Waals surface area contributed by atoms with E-state index in [4.69, 9.17) is 4.99 Å². The van der Waals surface area contributed by atoms with Crippen molar-refractivity contribution in [3.05, 3.63) is 94.7 Å². The second kappa shape index (κ2) is 5.71. The van der Waals surface area contributed by atoms with Crippen LogP contribution < -0.4 is 15.8 Å². The normalized spacial score (nSPS) is 12.5. The molecule has 0 bridgehead atoms. The molecule has 1 heteroatoms. The molecule has 0 aromatic heterocycles. The van der Waals surface area contributed by atoms with E-state index in [1.807, 2.05) is 18.2 Å². The molecule has 25 heavy (non-hydrogen) atoms. The molecule has 0 atom stereocenters. The molecule has 0 heterocycles. The molecule has 0 amide bonds. The molecule has 118 valence electrons. The van der Waals surface area contributed by atoms with Gasteiger partial charge in [-0.15, -0.1) is 0 Å². The zero-order valence-corrected chi connectivity index (χ0v) is 13.8. The van der Waals surface area contributed by atoms with Crippen LogP contribution in [0.3, 0.4) is 0 Å². The van der Waals surface area contributed by atoms with Gasteiger partial charge < -0.3 is 0 Å². The summed E-state index contributed by atoms with van der Waals surface area (Å²) >= 11 is 0. The largest absolute Gasteiger partial charge is 0.248 e. The van der Waals surface area contributed by atoms with Gasteiger partial charge >= 0.3 is 0 Å². The van der Waals surface area contributed by atoms with E-state index in [-0.39, 0.29) is 0 Å². The molecule has 0 N–H and O–H groups in total. The van der Waals surface area contributed by atoms with Crippen LogP contribution in [-0.4, -0.2) is 0 Å². The summed E-state index contributed by atoms with van der Waals surface area (Å²) in [4.78, 5) is 5.05. The lowest BCUT2D eigenvalue weighted by Gasteiger charge is -1.98. The molecule has 0 aliphatic heterocycles. The molecule has 0 saturated carbocycles. The topological polar surface area (TPSA) is 12.4 Å². The lowest BCUT2D eigenvalue weighted by molar-refractivity contribution is 1.40. The van der Waals surface area contributed by atoms with Crippen molar-refractivity contribution in [2.45, 2.75) is 6.42 Å². The van der Waals surface area contributed by atoms with Crippen LogP contribution in [0.15, 0.2) is 83.9 Å². The van der Waals surface area contributed by atoms with E-state index in [0.717, 1.165) is 17.5 Å². The Labute approximate surface area is 145 Å². The van der Waals surface area contributed by atoms with Gasteiger partial charge in [-0.25, -0.2) is 4.99 Å². The highest BCUT2D eigenvalue weighted by Crippen LogP contribution is 2.15. The number of para-hydroxylation sites is 1. The number of hydrogen-bond acceptors (Lipinski definition) is 1. The quantitative estimate of drug-likeness (QED) is 0.499. The van der Waals surface area contributed by atoms with Gasteiger partial charge in [0.2, 0.25) is 0 Å². The number of hydrogen-bond donors (Lipinski definition) is 0. The summed E-state index contributed by atoms with van der Waals surface area (Å²) in [5, 5.41) is 8.68. The van der Waals surface area contributed by atoms with E-state index in [0.29, 0.717) is 0 Å². The molecule has 0 radical (unpaired) electrons. The standard InChI is InChI=1S/C24H17N/c1-2-9-17(10-3-1)25-24-22-13-6-4-11-20(22)18-15-8-16-19(18)21-12-5-7-14-23(21)24/h1-7,9-16H,8H2. The lowest BCUT2D eigenvalue weighted by Crippen LogP contribution is -2.20. The van der Waals surface area contributed by atoms with Gasteiger partial charge in [-0.1, -0.05) is 78.9 Å². The van der Waals surface area contributed by atoms with Gasteiger partial charge in [-0.05, 0) is 39.8 Å². The minimum Gasteiger partial charge on any atom is -0.248 e. The van der Waals surface area contributed by atoms with Gasteiger partial charge in [0.1, 0.15) is 0 Å². The molecule has 5 rings (SSSR count).